The van der Waals surface area contributed by atoms with Crippen LogP contribution in [0.1, 0.15) is 28.3 Å². The molecule has 1 saturated heterocycles. The molecule has 1 unspecified atom stereocenters. The predicted octanol–water partition coefficient (Wildman–Crippen LogP) is 2.15. The van der Waals surface area contributed by atoms with E-state index in [0.717, 1.165) is 11.1 Å². The van der Waals surface area contributed by atoms with Gasteiger partial charge in [-0.2, -0.15) is 5.26 Å². The smallest absolute Gasteiger partial charge is 0.123 e. The Balaban J connectivity index is 2.41. The van der Waals surface area contributed by atoms with Crippen molar-refractivity contribution in [2.75, 3.05) is 13.2 Å². The first-order valence-electron chi connectivity index (χ1n) is 5.82. The first-order chi connectivity index (χ1) is 8.00. The molecule has 0 aromatic heterocycles. The summed E-state index contributed by atoms with van der Waals surface area (Å²) in [5, 5.41) is 9.27. The van der Waals surface area contributed by atoms with Crippen molar-refractivity contribution < 1.29 is 4.74 Å². The van der Waals surface area contributed by atoms with Gasteiger partial charge in [0.05, 0.1) is 25.3 Å². The van der Waals surface area contributed by atoms with E-state index in [2.05, 4.69) is 32.0 Å². The van der Waals surface area contributed by atoms with Crippen LogP contribution in [0.15, 0.2) is 12.1 Å². The lowest BCUT2D eigenvalue weighted by Gasteiger charge is -2.40. The Morgan fingerprint density at radius 2 is 1.82 bits per heavy atom. The van der Waals surface area contributed by atoms with Gasteiger partial charge in [0.15, 0.2) is 0 Å². The van der Waals surface area contributed by atoms with Crippen molar-refractivity contribution in [3.63, 3.8) is 0 Å². The van der Waals surface area contributed by atoms with E-state index >= 15 is 0 Å². The predicted molar refractivity (Wildman–Crippen MR) is 66.4 cm³/mol. The first kappa shape index (κ1) is 12.1. The summed E-state index contributed by atoms with van der Waals surface area (Å²) in [6, 6.07) is 6.30. The molecule has 0 radical (unpaired) electrons. The van der Waals surface area contributed by atoms with E-state index in [4.69, 9.17) is 10.5 Å². The number of hydrogen-bond acceptors (Lipinski definition) is 3. The Hall–Kier alpha value is -1.37. The lowest BCUT2D eigenvalue weighted by Crippen LogP contribution is -2.49. The third-order valence-electron chi connectivity index (χ3n) is 3.75. The molecule has 90 valence electrons. The lowest BCUT2D eigenvalue weighted by molar-refractivity contribution is -0.0911. The number of nitrogens with zero attached hydrogens (tertiary/aromatic N) is 1. The largest absolute Gasteiger partial charge is 0.378 e. The fourth-order valence-electron chi connectivity index (χ4n) is 2.25. The van der Waals surface area contributed by atoms with Crippen LogP contribution in [-0.2, 0) is 4.74 Å². The highest BCUT2D eigenvalue weighted by atomic mass is 16.5. The van der Waals surface area contributed by atoms with Crippen LogP contribution in [0.3, 0.4) is 0 Å². The second-order valence-corrected chi connectivity index (χ2v) is 5.03. The first-order valence-corrected chi connectivity index (χ1v) is 5.82. The molecule has 1 heterocycles. The van der Waals surface area contributed by atoms with E-state index < -0.39 is 5.41 Å². The van der Waals surface area contributed by atoms with Crippen LogP contribution in [0.4, 0.5) is 0 Å². The zero-order valence-corrected chi connectivity index (χ0v) is 10.6. The van der Waals surface area contributed by atoms with Gasteiger partial charge in [-0.05, 0) is 43.0 Å². The van der Waals surface area contributed by atoms with Crippen LogP contribution >= 0.6 is 0 Å². The number of benzene rings is 1. The van der Waals surface area contributed by atoms with Gasteiger partial charge in [-0.1, -0.05) is 12.1 Å². The maximum atomic E-state index is 9.27. The highest BCUT2D eigenvalue weighted by molar-refractivity contribution is 5.40. The molecule has 3 nitrogen and oxygen atoms in total. The van der Waals surface area contributed by atoms with Crippen molar-refractivity contribution in [2.24, 2.45) is 11.1 Å². The number of rotatable bonds is 2. The SMILES string of the molecule is Cc1cc(C)c(C(N)C2(C#N)COC2)cc1C. The van der Waals surface area contributed by atoms with Crippen molar-refractivity contribution in [3.05, 3.63) is 34.4 Å². The average Bonchev–Trinajstić information content (AvgIpc) is 2.22. The van der Waals surface area contributed by atoms with Gasteiger partial charge in [0.25, 0.3) is 0 Å². The topological polar surface area (TPSA) is 59.0 Å². The van der Waals surface area contributed by atoms with Crippen LogP contribution in [0, 0.1) is 37.5 Å². The van der Waals surface area contributed by atoms with Gasteiger partial charge in [-0.15, -0.1) is 0 Å². The van der Waals surface area contributed by atoms with Crippen molar-refractivity contribution in [1.82, 2.24) is 0 Å². The summed E-state index contributed by atoms with van der Waals surface area (Å²) in [6.07, 6.45) is 0. The Bertz CT molecular complexity index is 484. The van der Waals surface area contributed by atoms with Gasteiger partial charge in [-0.25, -0.2) is 0 Å². The van der Waals surface area contributed by atoms with Gasteiger partial charge >= 0.3 is 0 Å². The van der Waals surface area contributed by atoms with Gasteiger partial charge in [0, 0.05) is 0 Å². The van der Waals surface area contributed by atoms with Gasteiger partial charge < -0.3 is 10.5 Å². The van der Waals surface area contributed by atoms with E-state index in [1.54, 1.807) is 0 Å². The molecule has 3 heteroatoms. The molecular weight excluding hydrogens is 212 g/mol. The van der Waals surface area contributed by atoms with E-state index in [-0.39, 0.29) is 6.04 Å². The minimum absolute atomic E-state index is 0.263. The minimum atomic E-state index is -0.535. The zero-order chi connectivity index (χ0) is 12.6. The monoisotopic (exact) mass is 230 g/mol. The maximum Gasteiger partial charge on any atom is 0.123 e. The van der Waals surface area contributed by atoms with Crippen molar-refractivity contribution in [1.29, 1.82) is 5.26 Å². The average molecular weight is 230 g/mol. The van der Waals surface area contributed by atoms with E-state index in [1.165, 1.54) is 11.1 Å². The van der Waals surface area contributed by atoms with Gasteiger partial charge in [-0.3, -0.25) is 0 Å². The summed E-state index contributed by atoms with van der Waals surface area (Å²) < 4.78 is 5.16. The normalized spacial score (nSPS) is 19.2. The molecular formula is C14H18N2O. The Kier molecular flexibility index (Phi) is 2.94. The van der Waals surface area contributed by atoms with Crippen molar-refractivity contribution in [3.8, 4) is 6.07 Å². The summed E-state index contributed by atoms with van der Waals surface area (Å²) in [5.74, 6) is 0. The number of hydrogen-bond donors (Lipinski definition) is 1. The Morgan fingerprint density at radius 1 is 1.24 bits per heavy atom. The molecule has 0 aliphatic carbocycles. The Labute approximate surface area is 102 Å². The van der Waals surface area contributed by atoms with Crippen LogP contribution in [0.2, 0.25) is 0 Å². The van der Waals surface area contributed by atoms with Crippen LogP contribution < -0.4 is 5.73 Å². The molecule has 2 N–H and O–H groups in total. The third kappa shape index (κ3) is 1.84. The quantitative estimate of drug-likeness (QED) is 0.846. The molecule has 1 fully saturated rings. The molecule has 1 atom stereocenters. The molecule has 1 aromatic rings. The highest BCUT2D eigenvalue weighted by Crippen LogP contribution is 2.39. The minimum Gasteiger partial charge on any atom is -0.378 e. The van der Waals surface area contributed by atoms with Crippen LogP contribution in [-0.4, -0.2) is 13.2 Å². The lowest BCUT2D eigenvalue weighted by atomic mass is 9.75. The summed E-state index contributed by atoms with van der Waals surface area (Å²) in [7, 11) is 0. The fraction of sp³-hybridized carbons (Fsp3) is 0.500. The summed E-state index contributed by atoms with van der Waals surface area (Å²) in [6.45, 7) is 7.09. The van der Waals surface area contributed by atoms with Crippen molar-refractivity contribution >= 4 is 0 Å². The fourth-order valence-corrected chi connectivity index (χ4v) is 2.25. The molecule has 17 heavy (non-hydrogen) atoms. The van der Waals surface area contributed by atoms with E-state index in [1.807, 2.05) is 6.92 Å². The van der Waals surface area contributed by atoms with Crippen LogP contribution in [0.5, 0.6) is 0 Å². The summed E-state index contributed by atoms with van der Waals surface area (Å²) >= 11 is 0. The summed E-state index contributed by atoms with van der Waals surface area (Å²) in [5.41, 5.74) is 10.4. The molecule has 0 spiro atoms. The molecule has 1 aliphatic rings. The molecule has 1 aromatic carbocycles. The molecule has 2 rings (SSSR count). The highest BCUT2D eigenvalue weighted by Gasteiger charge is 2.45. The number of nitrogens with two attached hydrogens (primary N) is 1. The second kappa shape index (κ2) is 4.14. The molecule has 0 saturated carbocycles. The number of nitriles is 1. The van der Waals surface area contributed by atoms with Crippen LogP contribution in [0.25, 0.3) is 0 Å². The molecule has 1 aliphatic heterocycles. The second-order valence-electron chi connectivity index (χ2n) is 5.03. The van der Waals surface area contributed by atoms with Gasteiger partial charge in [0.2, 0.25) is 0 Å². The molecule has 0 bridgehead atoms. The number of aryl methyl sites for hydroxylation is 3. The van der Waals surface area contributed by atoms with E-state index in [9.17, 15) is 5.26 Å². The van der Waals surface area contributed by atoms with Crippen molar-refractivity contribution in [2.45, 2.75) is 26.8 Å². The maximum absolute atomic E-state index is 9.27. The molecule has 0 amide bonds. The zero-order valence-electron chi connectivity index (χ0n) is 10.6. The number of ether oxygens (including phenoxy) is 1. The standard InChI is InChI=1S/C14H18N2O/c1-9-4-11(3)12(5-10(9)2)13(16)14(6-15)7-17-8-14/h4-5,13H,7-8,16H2,1-3H3. The summed E-state index contributed by atoms with van der Waals surface area (Å²) in [4.78, 5) is 0. The third-order valence-corrected chi connectivity index (χ3v) is 3.75. The van der Waals surface area contributed by atoms with Gasteiger partial charge in [0.1, 0.15) is 5.41 Å². The Morgan fingerprint density at radius 3 is 2.29 bits per heavy atom. The van der Waals surface area contributed by atoms with E-state index in [0.29, 0.717) is 13.2 Å².